The van der Waals surface area contributed by atoms with E-state index in [1.165, 1.54) is 0 Å². The molecule has 0 radical (unpaired) electrons. The highest BCUT2D eigenvalue weighted by atomic mass is 16.4. The Balaban J connectivity index is 2.00. The third-order valence-electron chi connectivity index (χ3n) is 3.82. The van der Waals surface area contributed by atoms with E-state index in [0.29, 0.717) is 19.4 Å². The van der Waals surface area contributed by atoms with Crippen molar-refractivity contribution in [1.82, 2.24) is 20.6 Å². The van der Waals surface area contributed by atoms with Crippen molar-refractivity contribution in [3.8, 4) is 0 Å². The van der Waals surface area contributed by atoms with Gasteiger partial charge in [0.05, 0.1) is 23.8 Å². The summed E-state index contributed by atoms with van der Waals surface area (Å²) in [6.07, 6.45) is 2.77. The molecule has 0 aromatic carbocycles. The molecular formula is C13H20N4O3. The van der Waals surface area contributed by atoms with Crippen LogP contribution in [0.3, 0.4) is 0 Å². The molecule has 4 N–H and O–H groups in total. The van der Waals surface area contributed by atoms with Gasteiger partial charge in [0.2, 0.25) is 5.91 Å². The lowest BCUT2D eigenvalue weighted by Gasteiger charge is -2.26. The van der Waals surface area contributed by atoms with Crippen LogP contribution in [0.25, 0.3) is 0 Å². The molecule has 1 aliphatic heterocycles. The van der Waals surface area contributed by atoms with Crippen molar-refractivity contribution in [2.45, 2.75) is 45.3 Å². The van der Waals surface area contributed by atoms with Crippen molar-refractivity contribution < 1.29 is 14.7 Å². The van der Waals surface area contributed by atoms with Gasteiger partial charge < -0.3 is 15.4 Å². The van der Waals surface area contributed by atoms with E-state index in [1.54, 1.807) is 6.33 Å². The molecular weight excluding hydrogens is 260 g/mol. The molecule has 1 aromatic heterocycles. The minimum atomic E-state index is -0.996. The van der Waals surface area contributed by atoms with Gasteiger partial charge in [-0.2, -0.15) is 0 Å². The lowest BCUT2D eigenvalue weighted by Crippen LogP contribution is -2.54. The number of aromatic nitrogens is 2. The lowest BCUT2D eigenvalue weighted by atomic mass is 9.98. The van der Waals surface area contributed by atoms with Crippen molar-refractivity contribution in [2.75, 3.05) is 0 Å². The van der Waals surface area contributed by atoms with Crippen molar-refractivity contribution in [1.29, 1.82) is 0 Å². The van der Waals surface area contributed by atoms with Crippen LogP contribution in [0.1, 0.15) is 31.7 Å². The number of carboxylic acids is 1. The Morgan fingerprint density at radius 2 is 2.35 bits per heavy atom. The van der Waals surface area contributed by atoms with Gasteiger partial charge in [0.15, 0.2) is 0 Å². The Labute approximate surface area is 117 Å². The largest absolute Gasteiger partial charge is 0.480 e. The molecule has 2 heterocycles. The summed E-state index contributed by atoms with van der Waals surface area (Å²) < 4.78 is 0. The SMILES string of the molecule is CCC(C)C(NC(=O)C1Cc2nc[nH]c2CN1)C(=O)O. The smallest absolute Gasteiger partial charge is 0.326 e. The van der Waals surface area contributed by atoms with Crippen LogP contribution in [0, 0.1) is 5.92 Å². The van der Waals surface area contributed by atoms with E-state index < -0.39 is 18.1 Å². The number of carbonyl (C=O) groups is 2. The number of aliphatic carboxylic acids is 1. The Kier molecular flexibility index (Phi) is 4.39. The third-order valence-corrected chi connectivity index (χ3v) is 3.82. The molecule has 0 spiro atoms. The molecule has 20 heavy (non-hydrogen) atoms. The third kappa shape index (κ3) is 2.98. The van der Waals surface area contributed by atoms with Crippen molar-refractivity contribution in [3.63, 3.8) is 0 Å². The number of fused-ring (bicyclic) bond motifs is 1. The highest BCUT2D eigenvalue weighted by Gasteiger charge is 2.31. The van der Waals surface area contributed by atoms with Gasteiger partial charge >= 0.3 is 5.97 Å². The van der Waals surface area contributed by atoms with Gasteiger partial charge in [-0.25, -0.2) is 9.78 Å². The standard InChI is InChI=1S/C13H20N4O3/c1-3-7(2)11(13(19)20)17-12(18)9-4-8-10(5-14-9)16-6-15-8/h6-7,9,11,14H,3-5H2,1-2H3,(H,15,16)(H,17,18)(H,19,20). The van der Waals surface area contributed by atoms with E-state index in [1.807, 2.05) is 13.8 Å². The second-order valence-corrected chi connectivity index (χ2v) is 5.18. The van der Waals surface area contributed by atoms with Gasteiger partial charge in [-0.15, -0.1) is 0 Å². The van der Waals surface area contributed by atoms with Gasteiger partial charge in [-0.1, -0.05) is 20.3 Å². The van der Waals surface area contributed by atoms with Gasteiger partial charge in [-0.05, 0) is 5.92 Å². The van der Waals surface area contributed by atoms with E-state index in [4.69, 9.17) is 0 Å². The maximum absolute atomic E-state index is 12.2. The van der Waals surface area contributed by atoms with Crippen LogP contribution in [0.15, 0.2) is 6.33 Å². The van der Waals surface area contributed by atoms with Crippen molar-refractivity contribution in [2.24, 2.45) is 5.92 Å². The summed E-state index contributed by atoms with van der Waals surface area (Å²) in [5, 5.41) is 14.9. The number of H-pyrrole nitrogens is 1. The second kappa shape index (κ2) is 6.04. The maximum atomic E-state index is 12.2. The minimum Gasteiger partial charge on any atom is -0.480 e. The minimum absolute atomic E-state index is 0.110. The van der Waals surface area contributed by atoms with E-state index in [0.717, 1.165) is 11.4 Å². The zero-order chi connectivity index (χ0) is 14.7. The molecule has 7 heteroatoms. The van der Waals surface area contributed by atoms with Crippen molar-refractivity contribution in [3.05, 3.63) is 17.7 Å². The monoisotopic (exact) mass is 280 g/mol. The summed E-state index contributed by atoms with van der Waals surface area (Å²) in [7, 11) is 0. The first-order chi connectivity index (χ1) is 9.52. The van der Waals surface area contributed by atoms with Crippen LogP contribution in [0.4, 0.5) is 0 Å². The lowest BCUT2D eigenvalue weighted by molar-refractivity contribution is -0.143. The second-order valence-electron chi connectivity index (χ2n) is 5.18. The number of carbonyl (C=O) groups excluding carboxylic acids is 1. The average Bonchev–Trinajstić information content (AvgIpc) is 2.90. The van der Waals surface area contributed by atoms with Crippen LogP contribution < -0.4 is 10.6 Å². The molecule has 0 saturated heterocycles. The molecule has 1 aromatic rings. The Morgan fingerprint density at radius 3 is 3.00 bits per heavy atom. The topological polar surface area (TPSA) is 107 Å². The summed E-state index contributed by atoms with van der Waals surface area (Å²) in [4.78, 5) is 30.6. The van der Waals surface area contributed by atoms with E-state index in [9.17, 15) is 14.7 Å². The summed E-state index contributed by atoms with van der Waals surface area (Å²) in [6, 6.07) is -1.29. The molecule has 0 saturated carbocycles. The first-order valence-corrected chi connectivity index (χ1v) is 6.80. The predicted molar refractivity (Wildman–Crippen MR) is 71.9 cm³/mol. The summed E-state index contributed by atoms with van der Waals surface area (Å²) >= 11 is 0. The molecule has 1 amide bonds. The molecule has 0 bridgehead atoms. The van der Waals surface area contributed by atoms with E-state index in [2.05, 4.69) is 20.6 Å². The molecule has 110 valence electrons. The fourth-order valence-electron chi connectivity index (χ4n) is 2.29. The number of aromatic amines is 1. The number of imidazole rings is 1. The normalized spacial score (nSPS) is 20.8. The summed E-state index contributed by atoms with van der Waals surface area (Å²) in [5.74, 6) is -1.39. The summed E-state index contributed by atoms with van der Waals surface area (Å²) in [5.41, 5.74) is 1.84. The van der Waals surface area contributed by atoms with Crippen LogP contribution in [0.2, 0.25) is 0 Å². The van der Waals surface area contributed by atoms with E-state index >= 15 is 0 Å². The number of rotatable bonds is 5. The highest BCUT2D eigenvalue weighted by Crippen LogP contribution is 2.13. The summed E-state index contributed by atoms with van der Waals surface area (Å²) in [6.45, 7) is 4.26. The molecule has 3 unspecified atom stereocenters. The van der Waals surface area contributed by atoms with E-state index in [-0.39, 0.29) is 11.8 Å². The van der Waals surface area contributed by atoms with Crippen LogP contribution in [-0.2, 0) is 22.6 Å². The van der Waals surface area contributed by atoms with Crippen LogP contribution in [-0.4, -0.2) is 39.0 Å². The molecule has 3 atom stereocenters. The molecule has 0 aliphatic carbocycles. The van der Waals surface area contributed by atoms with Crippen LogP contribution in [0.5, 0.6) is 0 Å². The zero-order valence-electron chi connectivity index (χ0n) is 11.6. The average molecular weight is 280 g/mol. The van der Waals surface area contributed by atoms with Gasteiger partial charge in [0.1, 0.15) is 6.04 Å². The van der Waals surface area contributed by atoms with Crippen LogP contribution >= 0.6 is 0 Å². The number of nitrogens with zero attached hydrogens (tertiary/aromatic N) is 1. The first-order valence-electron chi connectivity index (χ1n) is 6.80. The number of nitrogens with one attached hydrogen (secondary N) is 3. The predicted octanol–water partition coefficient (Wildman–Crippen LogP) is 0.0395. The zero-order valence-corrected chi connectivity index (χ0v) is 11.6. The maximum Gasteiger partial charge on any atom is 0.326 e. The number of hydrogen-bond donors (Lipinski definition) is 4. The van der Waals surface area contributed by atoms with Gasteiger partial charge in [0, 0.05) is 13.0 Å². The first kappa shape index (κ1) is 14.5. The molecule has 7 nitrogen and oxygen atoms in total. The highest BCUT2D eigenvalue weighted by molar-refractivity contribution is 5.87. The number of amides is 1. The fraction of sp³-hybridized carbons (Fsp3) is 0.615. The Hall–Kier alpha value is -1.89. The van der Waals surface area contributed by atoms with Gasteiger partial charge in [0.25, 0.3) is 0 Å². The van der Waals surface area contributed by atoms with Crippen molar-refractivity contribution >= 4 is 11.9 Å². The molecule has 1 aliphatic rings. The van der Waals surface area contributed by atoms with Gasteiger partial charge in [-0.3, -0.25) is 10.1 Å². The Bertz CT molecular complexity index is 500. The Morgan fingerprint density at radius 1 is 1.60 bits per heavy atom. The quantitative estimate of drug-likeness (QED) is 0.609. The number of hydrogen-bond acceptors (Lipinski definition) is 4. The molecule has 0 fully saturated rings. The molecule has 2 rings (SSSR count). The number of carboxylic acid groups (broad SMARTS) is 1. The fourth-order valence-corrected chi connectivity index (χ4v) is 2.29.